The van der Waals surface area contributed by atoms with Gasteiger partial charge in [-0.15, -0.1) is 0 Å². The van der Waals surface area contributed by atoms with Gasteiger partial charge in [-0.3, -0.25) is 4.90 Å². The largest absolute Gasteiger partial charge is 0.329 e. The van der Waals surface area contributed by atoms with E-state index in [9.17, 15) is 4.39 Å². The highest BCUT2D eigenvalue weighted by Crippen LogP contribution is 2.31. The van der Waals surface area contributed by atoms with Crippen LogP contribution in [0.1, 0.15) is 38.3 Å². The summed E-state index contributed by atoms with van der Waals surface area (Å²) in [6.45, 7) is 6.08. The average Bonchev–Trinajstić information content (AvgIpc) is 2.38. The predicted molar refractivity (Wildman–Crippen MR) is 80.5 cm³/mol. The Morgan fingerprint density at radius 1 is 1.42 bits per heavy atom. The maximum absolute atomic E-state index is 13.7. The summed E-state index contributed by atoms with van der Waals surface area (Å²) < 4.78 is 14.2. The van der Waals surface area contributed by atoms with E-state index < -0.39 is 0 Å². The van der Waals surface area contributed by atoms with Crippen molar-refractivity contribution in [1.29, 1.82) is 0 Å². The highest BCUT2D eigenvalue weighted by Gasteiger charge is 2.29. The minimum atomic E-state index is -0.214. The molecule has 2 rings (SSSR count). The summed E-state index contributed by atoms with van der Waals surface area (Å²) in [5.41, 5.74) is 6.93. The summed E-state index contributed by atoms with van der Waals surface area (Å²) in [6, 6.07) is 5.96. The van der Waals surface area contributed by atoms with Gasteiger partial charge in [0.15, 0.2) is 0 Å². The van der Waals surface area contributed by atoms with Crippen LogP contribution in [0.4, 0.5) is 4.39 Å². The zero-order valence-corrected chi connectivity index (χ0v) is 13.2. The maximum Gasteiger partial charge on any atom is 0.137 e. The Morgan fingerprint density at radius 2 is 2.16 bits per heavy atom. The Morgan fingerprint density at radius 3 is 2.79 bits per heavy atom. The molecule has 106 valence electrons. The van der Waals surface area contributed by atoms with E-state index in [1.165, 1.54) is 12.8 Å². The van der Waals surface area contributed by atoms with Crippen molar-refractivity contribution in [3.8, 4) is 0 Å². The molecule has 0 bridgehead atoms. The van der Waals surface area contributed by atoms with Gasteiger partial charge >= 0.3 is 0 Å². The highest BCUT2D eigenvalue weighted by molar-refractivity contribution is 9.10. The molecule has 0 aromatic heterocycles. The first-order valence-electron chi connectivity index (χ1n) is 6.93. The summed E-state index contributed by atoms with van der Waals surface area (Å²) in [5.74, 6) is 0.471. The van der Waals surface area contributed by atoms with Crippen molar-refractivity contribution in [2.24, 2.45) is 11.7 Å². The molecule has 0 amide bonds. The number of nitrogens with zero attached hydrogens (tertiary/aromatic N) is 1. The molecule has 1 fully saturated rings. The van der Waals surface area contributed by atoms with Crippen molar-refractivity contribution in [2.45, 2.75) is 38.8 Å². The molecule has 1 aliphatic heterocycles. The second-order valence-electron chi connectivity index (χ2n) is 5.65. The molecule has 0 saturated carbocycles. The van der Waals surface area contributed by atoms with Crippen LogP contribution in [0.15, 0.2) is 22.7 Å². The minimum Gasteiger partial charge on any atom is -0.329 e. The van der Waals surface area contributed by atoms with Crippen molar-refractivity contribution in [2.75, 3.05) is 13.1 Å². The SMILES string of the molecule is CC1CCC(C)N(C(CN)c2ccc(Br)c(F)c2)C1. The molecule has 0 aliphatic carbocycles. The molecule has 3 atom stereocenters. The van der Waals surface area contributed by atoms with Gasteiger partial charge in [0.2, 0.25) is 0 Å². The molecule has 1 saturated heterocycles. The molecule has 1 aromatic carbocycles. The van der Waals surface area contributed by atoms with E-state index in [0.717, 1.165) is 12.1 Å². The molecule has 19 heavy (non-hydrogen) atoms. The van der Waals surface area contributed by atoms with Crippen LogP contribution < -0.4 is 5.73 Å². The number of rotatable bonds is 3. The van der Waals surface area contributed by atoms with E-state index >= 15 is 0 Å². The lowest BCUT2D eigenvalue weighted by molar-refractivity contribution is 0.0797. The smallest absolute Gasteiger partial charge is 0.137 e. The van der Waals surface area contributed by atoms with Gasteiger partial charge in [0.25, 0.3) is 0 Å². The lowest BCUT2D eigenvalue weighted by Gasteiger charge is -2.42. The number of benzene rings is 1. The summed E-state index contributed by atoms with van der Waals surface area (Å²) in [5, 5.41) is 0. The number of hydrogen-bond donors (Lipinski definition) is 1. The first-order chi connectivity index (χ1) is 9.02. The Balaban J connectivity index is 2.25. The van der Waals surface area contributed by atoms with Crippen LogP contribution in [0, 0.1) is 11.7 Å². The van der Waals surface area contributed by atoms with E-state index in [0.29, 0.717) is 23.0 Å². The molecule has 1 aromatic rings. The van der Waals surface area contributed by atoms with Gasteiger partial charge in [-0.05, 0) is 59.3 Å². The summed E-state index contributed by atoms with van der Waals surface area (Å²) in [6.07, 6.45) is 2.46. The second kappa shape index (κ2) is 6.33. The zero-order chi connectivity index (χ0) is 14.0. The number of halogens is 2. The number of hydrogen-bond acceptors (Lipinski definition) is 2. The molecular weight excluding hydrogens is 307 g/mol. The average molecular weight is 329 g/mol. The lowest BCUT2D eigenvalue weighted by Crippen LogP contribution is -2.45. The molecule has 0 radical (unpaired) electrons. The van der Waals surface area contributed by atoms with Gasteiger partial charge in [-0.25, -0.2) is 4.39 Å². The van der Waals surface area contributed by atoms with Crippen molar-refractivity contribution >= 4 is 15.9 Å². The van der Waals surface area contributed by atoms with Crippen LogP contribution in [0.2, 0.25) is 0 Å². The molecule has 4 heteroatoms. The molecule has 2 nitrogen and oxygen atoms in total. The van der Waals surface area contributed by atoms with Gasteiger partial charge in [-0.1, -0.05) is 13.0 Å². The molecule has 3 unspecified atom stereocenters. The Kier molecular flexibility index (Phi) is 4.98. The van der Waals surface area contributed by atoms with Crippen LogP contribution in [0.3, 0.4) is 0 Å². The Hall–Kier alpha value is -0.450. The quantitative estimate of drug-likeness (QED) is 0.916. The topological polar surface area (TPSA) is 29.3 Å². The van der Waals surface area contributed by atoms with Crippen LogP contribution in [0.25, 0.3) is 0 Å². The third kappa shape index (κ3) is 3.36. The maximum atomic E-state index is 13.7. The van der Waals surface area contributed by atoms with E-state index in [-0.39, 0.29) is 11.9 Å². The van der Waals surface area contributed by atoms with E-state index in [2.05, 4.69) is 34.7 Å². The molecular formula is C15H22BrFN2. The van der Waals surface area contributed by atoms with Crippen LogP contribution >= 0.6 is 15.9 Å². The van der Waals surface area contributed by atoms with Crippen molar-refractivity contribution in [3.63, 3.8) is 0 Å². The molecule has 1 aliphatic rings. The normalized spacial score (nSPS) is 26.4. The fourth-order valence-corrected chi connectivity index (χ4v) is 3.19. The first-order valence-corrected chi connectivity index (χ1v) is 7.73. The van der Waals surface area contributed by atoms with Crippen molar-refractivity contribution in [3.05, 3.63) is 34.1 Å². The number of piperidine rings is 1. The lowest BCUT2D eigenvalue weighted by atomic mass is 9.91. The van der Waals surface area contributed by atoms with Gasteiger partial charge in [0.1, 0.15) is 5.82 Å². The van der Waals surface area contributed by atoms with E-state index in [1.54, 1.807) is 12.1 Å². The fraction of sp³-hybridized carbons (Fsp3) is 0.600. The van der Waals surface area contributed by atoms with Crippen LogP contribution in [-0.4, -0.2) is 24.0 Å². The Bertz CT molecular complexity index is 438. The monoisotopic (exact) mass is 328 g/mol. The molecule has 0 spiro atoms. The van der Waals surface area contributed by atoms with Gasteiger partial charge in [-0.2, -0.15) is 0 Å². The van der Waals surface area contributed by atoms with Gasteiger partial charge < -0.3 is 5.73 Å². The van der Waals surface area contributed by atoms with Crippen molar-refractivity contribution < 1.29 is 4.39 Å². The van der Waals surface area contributed by atoms with Gasteiger partial charge in [0, 0.05) is 25.2 Å². The summed E-state index contributed by atoms with van der Waals surface area (Å²) in [7, 11) is 0. The zero-order valence-electron chi connectivity index (χ0n) is 11.6. The standard InChI is InChI=1S/C15H22BrFN2/c1-10-3-4-11(2)19(9-10)15(8-18)12-5-6-13(16)14(17)7-12/h5-7,10-11,15H,3-4,8-9,18H2,1-2H3. The first kappa shape index (κ1) is 14.9. The summed E-state index contributed by atoms with van der Waals surface area (Å²) in [4.78, 5) is 2.43. The number of likely N-dealkylation sites (tertiary alicyclic amines) is 1. The van der Waals surface area contributed by atoms with Crippen LogP contribution in [0.5, 0.6) is 0 Å². The highest BCUT2D eigenvalue weighted by atomic mass is 79.9. The van der Waals surface area contributed by atoms with Crippen LogP contribution in [-0.2, 0) is 0 Å². The fourth-order valence-electron chi connectivity index (χ4n) is 2.94. The third-order valence-corrected chi connectivity index (χ3v) is 4.76. The second-order valence-corrected chi connectivity index (χ2v) is 6.51. The molecule has 2 N–H and O–H groups in total. The predicted octanol–water partition coefficient (Wildman–Crippen LogP) is 3.71. The molecule has 1 heterocycles. The summed E-state index contributed by atoms with van der Waals surface area (Å²) >= 11 is 3.20. The van der Waals surface area contributed by atoms with E-state index in [1.807, 2.05) is 6.07 Å². The van der Waals surface area contributed by atoms with Gasteiger partial charge in [0.05, 0.1) is 4.47 Å². The third-order valence-electron chi connectivity index (χ3n) is 4.12. The van der Waals surface area contributed by atoms with E-state index in [4.69, 9.17) is 5.73 Å². The number of nitrogens with two attached hydrogens (primary N) is 1. The Labute approximate surface area is 123 Å². The van der Waals surface area contributed by atoms with Crippen molar-refractivity contribution in [1.82, 2.24) is 4.90 Å². The minimum absolute atomic E-state index is 0.111.